The fourth-order valence-corrected chi connectivity index (χ4v) is 1.63. The van der Waals surface area contributed by atoms with Gasteiger partial charge >= 0.3 is 0 Å². The van der Waals surface area contributed by atoms with Crippen LogP contribution in [0.15, 0.2) is 33.5 Å². The molecule has 0 spiro atoms. The number of nitrogens with zero attached hydrogens (tertiary/aromatic N) is 2. The van der Waals surface area contributed by atoms with Gasteiger partial charge in [-0.05, 0) is 30.7 Å². The summed E-state index contributed by atoms with van der Waals surface area (Å²) in [7, 11) is 0. The normalized spacial score (nSPS) is 10.3. The lowest BCUT2D eigenvalue weighted by Crippen LogP contribution is -1.83. The molecule has 2 aromatic rings. The Bertz CT molecular complexity index is 412. The van der Waals surface area contributed by atoms with Crippen molar-refractivity contribution in [2.24, 2.45) is 0 Å². The van der Waals surface area contributed by atoms with Crippen LogP contribution in [-0.4, -0.2) is 10.2 Å². The highest BCUT2D eigenvalue weighted by atomic mass is 79.9. The fraction of sp³-hybridized carbons (Fsp3) is 0.111. The average molecular weight is 239 g/mol. The molecule has 0 aliphatic rings. The third-order valence-corrected chi connectivity index (χ3v) is 2.27. The number of aromatic nitrogens is 2. The van der Waals surface area contributed by atoms with Crippen molar-refractivity contribution in [1.29, 1.82) is 0 Å². The van der Waals surface area contributed by atoms with Gasteiger partial charge in [0.25, 0.3) is 0 Å². The van der Waals surface area contributed by atoms with Gasteiger partial charge in [-0.1, -0.05) is 15.9 Å². The Hall–Kier alpha value is -1.16. The Kier molecular flexibility index (Phi) is 2.14. The number of halogens is 1. The Morgan fingerprint density at radius 3 is 2.85 bits per heavy atom. The van der Waals surface area contributed by atoms with E-state index in [-0.39, 0.29) is 0 Å². The van der Waals surface area contributed by atoms with Crippen molar-refractivity contribution >= 4 is 15.9 Å². The van der Waals surface area contributed by atoms with Gasteiger partial charge < -0.3 is 4.42 Å². The highest BCUT2D eigenvalue weighted by molar-refractivity contribution is 9.10. The van der Waals surface area contributed by atoms with Gasteiger partial charge in [0, 0.05) is 10.0 Å². The largest absolute Gasteiger partial charge is 0.423 e. The molecule has 1 aromatic carbocycles. The summed E-state index contributed by atoms with van der Waals surface area (Å²) in [4.78, 5) is 0. The lowest BCUT2D eigenvalue weighted by atomic mass is 10.1. The minimum Gasteiger partial charge on any atom is -0.423 e. The minimum absolute atomic E-state index is 0.560. The van der Waals surface area contributed by atoms with E-state index in [1.54, 1.807) is 0 Å². The van der Waals surface area contributed by atoms with E-state index < -0.39 is 0 Å². The summed E-state index contributed by atoms with van der Waals surface area (Å²) in [6.45, 7) is 2.00. The van der Waals surface area contributed by atoms with Crippen molar-refractivity contribution in [3.05, 3.63) is 34.6 Å². The molecule has 0 aliphatic heterocycles. The standard InChI is InChI=1S/C9H7BrN2O/c1-6-4-7(10)2-3-8(6)9-12-11-5-13-9/h2-5H,1H3. The molecule has 1 heterocycles. The SMILES string of the molecule is Cc1cc(Br)ccc1-c1nnco1. The monoisotopic (exact) mass is 238 g/mol. The molecular weight excluding hydrogens is 232 g/mol. The molecule has 0 saturated carbocycles. The predicted molar refractivity (Wildman–Crippen MR) is 52.2 cm³/mol. The van der Waals surface area contributed by atoms with Crippen LogP contribution in [0.2, 0.25) is 0 Å². The van der Waals surface area contributed by atoms with Crippen molar-refractivity contribution in [1.82, 2.24) is 10.2 Å². The molecule has 4 heteroatoms. The van der Waals surface area contributed by atoms with Crippen LogP contribution in [0.1, 0.15) is 5.56 Å². The van der Waals surface area contributed by atoms with Gasteiger partial charge in [0.05, 0.1) is 0 Å². The number of hydrogen-bond donors (Lipinski definition) is 0. The highest BCUT2D eigenvalue weighted by Gasteiger charge is 2.06. The summed E-state index contributed by atoms with van der Waals surface area (Å²) < 4.78 is 6.15. The molecule has 13 heavy (non-hydrogen) atoms. The fourth-order valence-electron chi connectivity index (χ4n) is 1.16. The number of benzene rings is 1. The zero-order valence-electron chi connectivity index (χ0n) is 6.99. The van der Waals surface area contributed by atoms with Crippen LogP contribution in [0.3, 0.4) is 0 Å². The first-order chi connectivity index (χ1) is 6.27. The van der Waals surface area contributed by atoms with E-state index in [0.29, 0.717) is 5.89 Å². The first-order valence-electron chi connectivity index (χ1n) is 3.80. The second kappa shape index (κ2) is 3.30. The predicted octanol–water partition coefficient (Wildman–Crippen LogP) is 2.81. The topological polar surface area (TPSA) is 38.9 Å². The number of hydrogen-bond acceptors (Lipinski definition) is 3. The summed E-state index contributed by atoms with van der Waals surface area (Å²) in [5.41, 5.74) is 2.08. The Labute approximate surface area is 83.9 Å². The quantitative estimate of drug-likeness (QED) is 0.767. The van der Waals surface area contributed by atoms with Crippen molar-refractivity contribution in [2.45, 2.75) is 6.92 Å². The van der Waals surface area contributed by atoms with E-state index in [1.807, 2.05) is 25.1 Å². The average Bonchev–Trinajstić information content (AvgIpc) is 2.56. The van der Waals surface area contributed by atoms with E-state index in [4.69, 9.17) is 4.42 Å². The molecule has 0 unspecified atom stereocenters. The second-order valence-corrected chi connectivity index (χ2v) is 3.62. The molecule has 1 aromatic heterocycles. The van der Waals surface area contributed by atoms with E-state index in [1.165, 1.54) is 6.39 Å². The van der Waals surface area contributed by atoms with Gasteiger partial charge in [0.1, 0.15) is 0 Å². The van der Waals surface area contributed by atoms with Crippen molar-refractivity contribution in [2.75, 3.05) is 0 Å². The van der Waals surface area contributed by atoms with Gasteiger partial charge in [0.2, 0.25) is 12.3 Å². The Balaban J connectivity index is 2.53. The lowest BCUT2D eigenvalue weighted by Gasteiger charge is -2.00. The Morgan fingerprint density at radius 2 is 2.23 bits per heavy atom. The van der Waals surface area contributed by atoms with Gasteiger partial charge in [-0.3, -0.25) is 0 Å². The summed E-state index contributed by atoms with van der Waals surface area (Å²) in [5.74, 6) is 0.560. The van der Waals surface area contributed by atoms with E-state index in [9.17, 15) is 0 Å². The van der Waals surface area contributed by atoms with Gasteiger partial charge in [-0.15, -0.1) is 10.2 Å². The maximum absolute atomic E-state index is 5.10. The molecule has 0 N–H and O–H groups in total. The second-order valence-electron chi connectivity index (χ2n) is 2.70. The zero-order chi connectivity index (χ0) is 9.26. The molecule has 0 amide bonds. The van der Waals surface area contributed by atoms with Crippen LogP contribution in [0.4, 0.5) is 0 Å². The Morgan fingerprint density at radius 1 is 1.38 bits per heavy atom. The smallest absolute Gasteiger partial charge is 0.247 e. The molecule has 2 rings (SSSR count). The van der Waals surface area contributed by atoms with E-state index in [0.717, 1.165) is 15.6 Å². The van der Waals surface area contributed by atoms with Crippen LogP contribution in [0.5, 0.6) is 0 Å². The van der Waals surface area contributed by atoms with Crippen molar-refractivity contribution in [3.8, 4) is 11.5 Å². The first-order valence-corrected chi connectivity index (χ1v) is 4.59. The lowest BCUT2D eigenvalue weighted by molar-refractivity contribution is 0.568. The van der Waals surface area contributed by atoms with Crippen LogP contribution >= 0.6 is 15.9 Å². The summed E-state index contributed by atoms with van der Waals surface area (Å²) in [5, 5.41) is 7.48. The summed E-state index contributed by atoms with van der Waals surface area (Å²) in [6, 6.07) is 5.92. The van der Waals surface area contributed by atoms with Gasteiger partial charge in [-0.2, -0.15) is 0 Å². The third-order valence-electron chi connectivity index (χ3n) is 1.78. The maximum atomic E-state index is 5.10. The summed E-state index contributed by atoms with van der Waals surface area (Å²) in [6.07, 6.45) is 1.33. The van der Waals surface area contributed by atoms with Gasteiger partial charge in [0.15, 0.2) is 0 Å². The van der Waals surface area contributed by atoms with Gasteiger partial charge in [-0.25, -0.2) is 0 Å². The van der Waals surface area contributed by atoms with Crippen LogP contribution in [-0.2, 0) is 0 Å². The molecule has 0 atom stereocenters. The van der Waals surface area contributed by atoms with Crippen molar-refractivity contribution < 1.29 is 4.42 Å². The third kappa shape index (κ3) is 1.62. The maximum Gasteiger partial charge on any atom is 0.247 e. The first kappa shape index (κ1) is 8.44. The van der Waals surface area contributed by atoms with Crippen molar-refractivity contribution in [3.63, 3.8) is 0 Å². The summed E-state index contributed by atoms with van der Waals surface area (Å²) >= 11 is 3.39. The zero-order valence-corrected chi connectivity index (χ0v) is 8.58. The molecule has 0 aliphatic carbocycles. The minimum atomic E-state index is 0.560. The van der Waals surface area contributed by atoms with E-state index in [2.05, 4.69) is 26.1 Å². The van der Waals surface area contributed by atoms with Crippen LogP contribution in [0.25, 0.3) is 11.5 Å². The molecule has 66 valence electrons. The number of aryl methyl sites for hydroxylation is 1. The van der Waals surface area contributed by atoms with E-state index >= 15 is 0 Å². The molecule has 0 saturated heterocycles. The highest BCUT2D eigenvalue weighted by Crippen LogP contribution is 2.23. The van der Waals surface area contributed by atoms with Crippen LogP contribution in [0, 0.1) is 6.92 Å². The molecule has 0 radical (unpaired) electrons. The molecule has 0 fully saturated rings. The number of rotatable bonds is 1. The molecule has 3 nitrogen and oxygen atoms in total. The molecular formula is C9H7BrN2O. The van der Waals surface area contributed by atoms with Crippen LogP contribution < -0.4 is 0 Å². The molecule has 0 bridgehead atoms.